The van der Waals surface area contributed by atoms with Gasteiger partial charge in [-0.2, -0.15) is 0 Å². The third kappa shape index (κ3) is 5.61. The van der Waals surface area contributed by atoms with Gasteiger partial charge in [-0.1, -0.05) is 41.6 Å². The summed E-state index contributed by atoms with van der Waals surface area (Å²) in [5.41, 5.74) is 3.26. The minimum absolute atomic E-state index is 0.0490. The minimum atomic E-state index is -4.01. The molecule has 0 aliphatic heterocycles. The zero-order chi connectivity index (χ0) is 31.6. The number of methoxy groups -OCH3 is 1. The Hall–Kier alpha value is -5.88. The number of oxime groups is 1. The molecule has 6 aromatic rings. The second-order valence-corrected chi connectivity index (χ2v) is 11.6. The molecule has 0 saturated carbocycles. The molecule has 0 amide bonds. The van der Waals surface area contributed by atoms with Crippen LogP contribution in [-0.4, -0.2) is 46.0 Å². The lowest BCUT2D eigenvalue weighted by molar-refractivity contribution is 0.319. The molecule has 0 spiro atoms. The quantitative estimate of drug-likeness (QED) is 0.135. The Bertz CT molecular complexity index is 2240. The molecule has 4 aromatic carbocycles. The lowest BCUT2D eigenvalue weighted by atomic mass is 9.95. The van der Waals surface area contributed by atoms with Crippen molar-refractivity contribution in [3.05, 3.63) is 136 Å². The molecule has 12 heteroatoms. The van der Waals surface area contributed by atoms with Crippen molar-refractivity contribution in [1.82, 2.24) is 19.5 Å². The maximum absolute atomic E-state index is 14.1. The Balaban J connectivity index is 1.51. The van der Waals surface area contributed by atoms with Crippen molar-refractivity contribution >= 4 is 32.6 Å². The van der Waals surface area contributed by atoms with Crippen LogP contribution in [0.3, 0.4) is 0 Å². The SMILES string of the molecule is COc1ccc(C(=NO)c2ccccc2-c2nc3ccccc3c(=O)n2-c2ccc(S(=O)(=O)Nc3ncccn3)cc2)cc1C. The highest BCUT2D eigenvalue weighted by atomic mass is 32.2. The first-order valence-corrected chi connectivity index (χ1v) is 15.2. The maximum atomic E-state index is 14.1. The number of para-hydroxylation sites is 1. The molecule has 0 bridgehead atoms. The van der Waals surface area contributed by atoms with Crippen LogP contribution in [0.15, 0.2) is 124 Å². The number of nitrogens with one attached hydrogen (secondary N) is 1. The molecule has 11 nitrogen and oxygen atoms in total. The van der Waals surface area contributed by atoms with Crippen molar-refractivity contribution in [2.75, 3.05) is 11.8 Å². The van der Waals surface area contributed by atoms with Gasteiger partial charge in [-0.25, -0.2) is 28.1 Å². The third-order valence-electron chi connectivity index (χ3n) is 7.16. The highest BCUT2D eigenvalue weighted by Gasteiger charge is 2.22. The summed E-state index contributed by atoms with van der Waals surface area (Å²) in [5.74, 6) is 0.891. The Morgan fingerprint density at radius 3 is 2.33 bits per heavy atom. The van der Waals surface area contributed by atoms with Gasteiger partial charge < -0.3 is 9.94 Å². The predicted octanol–water partition coefficient (Wildman–Crippen LogP) is 5.19. The van der Waals surface area contributed by atoms with Crippen LogP contribution in [0.1, 0.15) is 16.7 Å². The van der Waals surface area contributed by atoms with E-state index in [1.54, 1.807) is 73.8 Å². The van der Waals surface area contributed by atoms with E-state index >= 15 is 0 Å². The van der Waals surface area contributed by atoms with E-state index in [2.05, 4.69) is 19.8 Å². The van der Waals surface area contributed by atoms with Crippen molar-refractivity contribution < 1.29 is 18.4 Å². The van der Waals surface area contributed by atoms with E-state index in [0.29, 0.717) is 39.0 Å². The van der Waals surface area contributed by atoms with Gasteiger partial charge in [0.1, 0.15) is 17.3 Å². The Kier molecular flexibility index (Phi) is 7.80. The van der Waals surface area contributed by atoms with Crippen LogP contribution >= 0.6 is 0 Å². The first-order valence-electron chi connectivity index (χ1n) is 13.7. The van der Waals surface area contributed by atoms with Crippen molar-refractivity contribution in [1.29, 1.82) is 0 Å². The van der Waals surface area contributed by atoms with Crippen LogP contribution < -0.4 is 15.0 Å². The lowest BCUT2D eigenvalue weighted by Crippen LogP contribution is -2.23. The van der Waals surface area contributed by atoms with Gasteiger partial charge in [-0.15, -0.1) is 0 Å². The number of sulfonamides is 1. The highest BCUT2D eigenvalue weighted by molar-refractivity contribution is 7.92. The van der Waals surface area contributed by atoms with Gasteiger partial charge in [0.15, 0.2) is 0 Å². The van der Waals surface area contributed by atoms with E-state index in [9.17, 15) is 18.4 Å². The molecule has 0 unspecified atom stereocenters. The molecule has 0 aliphatic carbocycles. The van der Waals surface area contributed by atoms with Crippen LogP contribution in [0.5, 0.6) is 5.75 Å². The van der Waals surface area contributed by atoms with Crippen molar-refractivity contribution in [3.63, 3.8) is 0 Å². The molecule has 0 radical (unpaired) electrons. The molecule has 0 atom stereocenters. The van der Waals surface area contributed by atoms with Gasteiger partial charge in [-0.05, 0) is 73.2 Å². The second kappa shape index (κ2) is 12.0. The van der Waals surface area contributed by atoms with E-state index in [0.717, 1.165) is 5.56 Å². The fourth-order valence-corrected chi connectivity index (χ4v) is 5.99. The standard InChI is InChI=1S/C33H26N6O5S/c1-21-20-22(12-17-29(21)44-2)30(37-41)25-8-3-4-9-26(25)31-36-28-11-6-5-10-27(28)32(40)39(31)23-13-15-24(16-14-23)45(42,43)38-33-34-18-7-19-35-33/h3-20,41H,1-2H3,(H,34,35,38). The van der Waals surface area contributed by atoms with Gasteiger partial charge in [-0.3, -0.25) is 9.36 Å². The van der Waals surface area contributed by atoms with Gasteiger partial charge in [0.2, 0.25) is 5.95 Å². The fourth-order valence-electron chi connectivity index (χ4n) is 5.04. The molecule has 6 rings (SSSR count). The first kappa shape index (κ1) is 29.2. The minimum Gasteiger partial charge on any atom is -0.496 e. The van der Waals surface area contributed by atoms with Crippen molar-refractivity contribution in [2.24, 2.45) is 5.16 Å². The zero-order valence-electron chi connectivity index (χ0n) is 24.1. The number of aromatic nitrogens is 4. The molecular weight excluding hydrogens is 592 g/mol. The number of nitrogens with zero attached hydrogens (tertiary/aromatic N) is 5. The summed E-state index contributed by atoms with van der Waals surface area (Å²) in [7, 11) is -2.43. The molecule has 2 aromatic heterocycles. The molecule has 224 valence electrons. The highest BCUT2D eigenvalue weighted by Crippen LogP contribution is 2.29. The average molecular weight is 619 g/mol. The number of rotatable bonds is 8. The number of aryl methyl sites for hydroxylation is 1. The van der Waals surface area contributed by atoms with Crippen LogP contribution in [-0.2, 0) is 10.0 Å². The fraction of sp³-hybridized carbons (Fsp3) is 0.0606. The van der Waals surface area contributed by atoms with Crippen LogP contribution in [0.25, 0.3) is 28.0 Å². The van der Waals surface area contributed by atoms with Crippen molar-refractivity contribution in [2.45, 2.75) is 11.8 Å². The Morgan fingerprint density at radius 2 is 1.62 bits per heavy atom. The molecule has 0 fully saturated rings. The van der Waals surface area contributed by atoms with Crippen LogP contribution in [0.2, 0.25) is 0 Å². The third-order valence-corrected chi connectivity index (χ3v) is 8.51. The summed E-state index contributed by atoms with van der Waals surface area (Å²) < 4.78 is 35.2. The summed E-state index contributed by atoms with van der Waals surface area (Å²) in [6, 6.07) is 26.9. The van der Waals surface area contributed by atoms with E-state index < -0.39 is 10.0 Å². The van der Waals surface area contributed by atoms with E-state index in [4.69, 9.17) is 9.72 Å². The molecule has 0 saturated heterocycles. The largest absolute Gasteiger partial charge is 0.496 e. The maximum Gasteiger partial charge on any atom is 0.266 e. The number of fused-ring (bicyclic) bond motifs is 1. The second-order valence-electron chi connectivity index (χ2n) is 9.94. The summed E-state index contributed by atoms with van der Waals surface area (Å²) in [6.45, 7) is 1.89. The number of hydrogen-bond donors (Lipinski definition) is 2. The predicted molar refractivity (Wildman–Crippen MR) is 171 cm³/mol. The van der Waals surface area contributed by atoms with E-state index in [-0.39, 0.29) is 27.9 Å². The monoisotopic (exact) mass is 618 g/mol. The average Bonchev–Trinajstić information content (AvgIpc) is 3.06. The van der Waals surface area contributed by atoms with Gasteiger partial charge in [0, 0.05) is 29.1 Å². The molecular formula is C33H26N6O5S. The molecule has 0 aliphatic rings. The number of benzene rings is 4. The number of anilines is 1. The normalized spacial score (nSPS) is 11.8. The summed E-state index contributed by atoms with van der Waals surface area (Å²) in [5, 5.41) is 14.3. The Labute approximate surface area is 258 Å². The van der Waals surface area contributed by atoms with Crippen molar-refractivity contribution in [3.8, 4) is 22.8 Å². The summed E-state index contributed by atoms with van der Waals surface area (Å²) in [6.07, 6.45) is 2.85. The summed E-state index contributed by atoms with van der Waals surface area (Å²) in [4.78, 5) is 26.7. The lowest BCUT2D eigenvalue weighted by Gasteiger charge is -2.18. The van der Waals surface area contributed by atoms with E-state index in [1.807, 2.05) is 13.0 Å². The van der Waals surface area contributed by atoms with E-state index in [1.165, 1.54) is 41.2 Å². The number of ether oxygens (including phenoxy) is 1. The zero-order valence-corrected chi connectivity index (χ0v) is 24.9. The van der Waals surface area contributed by atoms with Gasteiger partial charge in [0.05, 0.1) is 28.6 Å². The molecule has 45 heavy (non-hydrogen) atoms. The van der Waals surface area contributed by atoms with Crippen LogP contribution in [0, 0.1) is 6.92 Å². The van der Waals surface area contributed by atoms with Gasteiger partial charge >= 0.3 is 0 Å². The smallest absolute Gasteiger partial charge is 0.266 e. The number of hydrogen-bond acceptors (Lipinski definition) is 9. The Morgan fingerprint density at radius 1 is 0.911 bits per heavy atom. The summed E-state index contributed by atoms with van der Waals surface area (Å²) >= 11 is 0. The molecule has 2 N–H and O–H groups in total. The van der Waals surface area contributed by atoms with Gasteiger partial charge in [0.25, 0.3) is 15.6 Å². The first-order chi connectivity index (χ1) is 21.8. The van der Waals surface area contributed by atoms with Crippen LogP contribution in [0.4, 0.5) is 5.95 Å². The molecule has 2 heterocycles. The topological polar surface area (TPSA) is 149 Å².